The third-order valence-electron chi connectivity index (χ3n) is 6.26. The fourth-order valence-corrected chi connectivity index (χ4v) is 5.82. The van der Waals surface area contributed by atoms with Gasteiger partial charge in [0.25, 0.3) is 0 Å². The van der Waals surface area contributed by atoms with Gasteiger partial charge in [0.1, 0.15) is 11.0 Å². The molecule has 22 heavy (non-hydrogen) atoms. The van der Waals surface area contributed by atoms with Crippen molar-refractivity contribution in [1.29, 1.82) is 0 Å². The van der Waals surface area contributed by atoms with Crippen LogP contribution in [-0.2, 0) is 9.53 Å². The fraction of sp³-hybridized carbons (Fsp3) is 0.824. The molecule has 4 aliphatic carbocycles. The van der Waals surface area contributed by atoms with Crippen molar-refractivity contribution in [2.75, 3.05) is 0 Å². The number of rotatable bonds is 4. The summed E-state index contributed by atoms with van der Waals surface area (Å²) in [4.78, 5) is 11.8. The molecule has 4 bridgehead atoms. The average Bonchev–Trinajstić information content (AvgIpc) is 2.42. The van der Waals surface area contributed by atoms with Gasteiger partial charge in [-0.1, -0.05) is 19.9 Å². The molecule has 124 valence electrons. The van der Waals surface area contributed by atoms with Crippen LogP contribution in [0, 0.1) is 23.2 Å². The molecule has 0 aromatic carbocycles. The Morgan fingerprint density at radius 3 is 2.32 bits per heavy atom. The minimum Gasteiger partial charge on any atom is -0.455 e. The summed E-state index contributed by atoms with van der Waals surface area (Å²) in [5.74, 6) is -0.619. The number of esters is 1. The van der Waals surface area contributed by atoms with Gasteiger partial charge in [0, 0.05) is 12.0 Å². The van der Waals surface area contributed by atoms with Crippen molar-refractivity contribution < 1.29 is 22.7 Å². The molecule has 0 N–H and O–H groups in total. The van der Waals surface area contributed by atoms with Crippen LogP contribution in [0.2, 0.25) is 0 Å². The molecule has 0 saturated heterocycles. The van der Waals surface area contributed by atoms with Gasteiger partial charge in [-0.15, -0.1) is 0 Å². The van der Waals surface area contributed by atoms with Crippen molar-refractivity contribution in [1.82, 2.24) is 0 Å². The monoisotopic (exact) mass is 316 g/mol. The minimum atomic E-state index is -4.33. The first-order valence-corrected chi connectivity index (χ1v) is 8.20. The molecule has 3 unspecified atom stereocenters. The van der Waals surface area contributed by atoms with Crippen molar-refractivity contribution in [3.8, 4) is 0 Å². The average molecular weight is 316 g/mol. The molecule has 0 aliphatic heterocycles. The van der Waals surface area contributed by atoms with Gasteiger partial charge < -0.3 is 4.74 Å². The van der Waals surface area contributed by atoms with E-state index in [1.165, 1.54) is 0 Å². The predicted molar refractivity (Wildman–Crippen MR) is 76.0 cm³/mol. The minimum absolute atomic E-state index is 0.119. The second-order valence-electron chi connectivity index (χ2n) is 7.39. The summed E-state index contributed by atoms with van der Waals surface area (Å²) < 4.78 is 48.0. The van der Waals surface area contributed by atoms with Gasteiger partial charge in [-0.05, 0) is 50.4 Å². The lowest BCUT2D eigenvalue weighted by molar-refractivity contribution is -0.351. The number of carbonyl (C=O) groups is 1. The smallest absolute Gasteiger partial charge is 0.398 e. The molecule has 4 aliphatic rings. The lowest BCUT2D eigenvalue weighted by atomic mass is 9.42. The number of carbonyl (C=O) groups excluding carboxylic acids is 1. The van der Waals surface area contributed by atoms with Crippen LogP contribution < -0.4 is 0 Å². The van der Waals surface area contributed by atoms with E-state index in [1.54, 1.807) is 0 Å². The van der Waals surface area contributed by atoms with E-state index in [2.05, 4.69) is 6.58 Å². The molecule has 2 nitrogen and oxygen atoms in total. The Bertz CT molecular complexity index is 471. The van der Waals surface area contributed by atoms with E-state index in [9.17, 15) is 18.0 Å². The van der Waals surface area contributed by atoms with Gasteiger partial charge >= 0.3 is 12.1 Å². The predicted octanol–water partition coefficient (Wildman–Crippen LogP) is 4.64. The first-order chi connectivity index (χ1) is 10.3. The summed E-state index contributed by atoms with van der Waals surface area (Å²) in [6.45, 7) is 5.22. The fourth-order valence-electron chi connectivity index (χ4n) is 5.82. The maximum absolute atomic E-state index is 14.2. The number of hydrogen-bond acceptors (Lipinski definition) is 2. The quantitative estimate of drug-likeness (QED) is 0.558. The first kappa shape index (κ1) is 15.9. The largest absolute Gasteiger partial charge is 0.455 e. The number of ether oxygens (including phenoxy) is 1. The lowest BCUT2D eigenvalue weighted by Gasteiger charge is -2.66. The van der Waals surface area contributed by atoms with Crippen LogP contribution in [-0.4, -0.2) is 17.7 Å². The molecule has 0 aromatic rings. The van der Waals surface area contributed by atoms with Gasteiger partial charge in [0.2, 0.25) is 0 Å². The van der Waals surface area contributed by atoms with Crippen LogP contribution in [0.15, 0.2) is 12.7 Å². The van der Waals surface area contributed by atoms with Crippen molar-refractivity contribution in [3.63, 3.8) is 0 Å². The highest BCUT2D eigenvalue weighted by atomic mass is 19.4. The van der Waals surface area contributed by atoms with Gasteiger partial charge in [-0.25, -0.2) is 4.79 Å². The molecule has 0 radical (unpaired) electrons. The van der Waals surface area contributed by atoms with Crippen LogP contribution in [0.4, 0.5) is 13.2 Å². The van der Waals surface area contributed by atoms with Crippen LogP contribution >= 0.6 is 0 Å². The van der Waals surface area contributed by atoms with E-state index in [1.807, 2.05) is 6.92 Å². The van der Waals surface area contributed by atoms with Crippen molar-refractivity contribution in [2.45, 2.75) is 63.6 Å². The Morgan fingerprint density at radius 1 is 1.27 bits per heavy atom. The molecule has 4 fully saturated rings. The second kappa shape index (κ2) is 5.00. The maximum atomic E-state index is 14.2. The zero-order valence-corrected chi connectivity index (χ0v) is 12.9. The molecule has 0 amide bonds. The van der Waals surface area contributed by atoms with E-state index >= 15 is 0 Å². The number of halogens is 3. The summed E-state index contributed by atoms with van der Waals surface area (Å²) in [6.07, 6.45) is 0.196. The molecule has 0 heterocycles. The van der Waals surface area contributed by atoms with Crippen LogP contribution in [0.3, 0.4) is 0 Å². The molecular weight excluding hydrogens is 293 g/mol. The van der Waals surface area contributed by atoms with Crippen LogP contribution in [0.25, 0.3) is 0 Å². The molecule has 4 saturated carbocycles. The topological polar surface area (TPSA) is 26.3 Å². The van der Waals surface area contributed by atoms with E-state index in [0.29, 0.717) is 6.42 Å². The van der Waals surface area contributed by atoms with Gasteiger partial charge in [-0.2, -0.15) is 13.2 Å². The molecular formula is C17H23F3O2. The normalized spacial score (nSPS) is 43.2. The summed E-state index contributed by atoms with van der Waals surface area (Å²) in [5.41, 5.74) is -3.25. The van der Waals surface area contributed by atoms with Crippen molar-refractivity contribution in [3.05, 3.63) is 12.7 Å². The zero-order valence-electron chi connectivity index (χ0n) is 12.9. The highest BCUT2D eigenvalue weighted by molar-refractivity contribution is 5.81. The van der Waals surface area contributed by atoms with Crippen LogP contribution in [0.5, 0.6) is 0 Å². The Kier molecular flexibility index (Phi) is 3.61. The molecule has 0 aromatic heterocycles. The molecule has 3 atom stereocenters. The Balaban J connectivity index is 2.11. The molecule has 4 rings (SSSR count). The second-order valence-corrected chi connectivity index (χ2v) is 7.39. The Labute approximate surface area is 129 Å². The maximum Gasteiger partial charge on any atom is 0.398 e. The number of alkyl halides is 3. The van der Waals surface area contributed by atoms with Crippen molar-refractivity contribution >= 4 is 5.97 Å². The third-order valence-corrected chi connectivity index (χ3v) is 6.26. The van der Waals surface area contributed by atoms with Gasteiger partial charge in [0.15, 0.2) is 0 Å². The summed E-state index contributed by atoms with van der Waals surface area (Å²) >= 11 is 0. The van der Waals surface area contributed by atoms with E-state index < -0.39 is 23.2 Å². The highest BCUT2D eigenvalue weighted by Crippen LogP contribution is 2.71. The highest BCUT2D eigenvalue weighted by Gasteiger charge is 2.76. The standard InChI is InChI=1S/C17H23F3O2/c1-3-5-16(22-14(21)4-2)13-7-11-6-12(8-13)10-15(16,9-11)17(18,19)20/h4,11-13H,2-3,5-10H2,1H3. The summed E-state index contributed by atoms with van der Waals surface area (Å²) in [6, 6.07) is 0. The zero-order chi connectivity index (χ0) is 16.2. The molecule has 5 heteroatoms. The van der Waals surface area contributed by atoms with E-state index in [4.69, 9.17) is 4.74 Å². The molecule has 0 spiro atoms. The first-order valence-electron chi connectivity index (χ1n) is 8.20. The SMILES string of the molecule is C=CC(=O)OC1(CCC)C2CC3CC(C2)CC1(C(F)(F)F)C3. The third kappa shape index (κ3) is 1.96. The van der Waals surface area contributed by atoms with Crippen molar-refractivity contribution in [2.24, 2.45) is 23.2 Å². The van der Waals surface area contributed by atoms with E-state index in [-0.39, 0.29) is 37.0 Å². The Morgan fingerprint density at radius 2 is 1.86 bits per heavy atom. The van der Waals surface area contributed by atoms with Gasteiger partial charge in [-0.3, -0.25) is 0 Å². The van der Waals surface area contributed by atoms with Gasteiger partial charge in [0.05, 0.1) is 0 Å². The van der Waals surface area contributed by atoms with Crippen LogP contribution in [0.1, 0.15) is 51.9 Å². The number of hydrogen-bond donors (Lipinski definition) is 0. The van der Waals surface area contributed by atoms with E-state index in [0.717, 1.165) is 25.3 Å². The summed E-state index contributed by atoms with van der Waals surface area (Å²) in [7, 11) is 0. The lowest BCUT2D eigenvalue weighted by Crippen LogP contribution is -2.70. The summed E-state index contributed by atoms with van der Waals surface area (Å²) in [5, 5.41) is 0. The Hall–Kier alpha value is -1.00.